The Morgan fingerprint density at radius 1 is 1.78 bits per heavy atom. The maximum absolute atomic E-state index is 11.5. The number of aromatic nitrogens is 2. The van der Waals surface area contributed by atoms with Crippen molar-refractivity contribution in [3.8, 4) is 0 Å². The molecule has 2 atom stereocenters. The molecule has 2 unspecified atom stereocenters. The predicted molar refractivity (Wildman–Crippen MR) is 66.9 cm³/mol. The Kier molecular flexibility index (Phi) is 3.98. The highest BCUT2D eigenvalue weighted by Gasteiger charge is 2.24. The molecule has 1 aromatic rings. The van der Waals surface area contributed by atoms with Crippen LogP contribution in [-0.2, 0) is 16.6 Å². The van der Waals surface area contributed by atoms with Gasteiger partial charge in [0, 0.05) is 32.0 Å². The van der Waals surface area contributed by atoms with Crippen LogP contribution in [0, 0.1) is 6.92 Å². The molecule has 0 bridgehead atoms. The average Bonchev–Trinajstić information content (AvgIpc) is 2.89. The van der Waals surface area contributed by atoms with Crippen molar-refractivity contribution in [3.63, 3.8) is 0 Å². The third-order valence-corrected chi connectivity index (χ3v) is 3.22. The Morgan fingerprint density at radius 3 is 3.06 bits per heavy atom. The normalized spacial score (nSPS) is 21.1. The fourth-order valence-corrected chi connectivity index (χ4v) is 2.32. The van der Waals surface area contributed by atoms with Gasteiger partial charge in [0.2, 0.25) is 5.91 Å². The summed E-state index contributed by atoms with van der Waals surface area (Å²) in [6, 6.07) is -0.497. The van der Waals surface area contributed by atoms with E-state index in [-0.39, 0.29) is 12.0 Å². The van der Waals surface area contributed by atoms with Crippen LogP contribution in [0.15, 0.2) is 6.20 Å². The first kappa shape index (κ1) is 13.0. The number of carbonyl (C=O) groups excluding carboxylic acids is 1. The van der Waals surface area contributed by atoms with E-state index in [1.165, 1.54) is 0 Å². The largest absolute Gasteiger partial charge is 0.377 e. The van der Waals surface area contributed by atoms with Crippen LogP contribution in [0.2, 0.25) is 0 Å². The quantitative estimate of drug-likeness (QED) is 0.774. The minimum absolute atomic E-state index is 0.184. The number of aryl methyl sites for hydroxylation is 2. The van der Waals surface area contributed by atoms with Crippen molar-refractivity contribution in [2.75, 3.05) is 13.2 Å². The number of primary amides is 1. The molecule has 1 fully saturated rings. The van der Waals surface area contributed by atoms with Crippen LogP contribution in [-0.4, -0.2) is 34.9 Å². The number of nitrogens with two attached hydrogens (primary N) is 1. The van der Waals surface area contributed by atoms with Gasteiger partial charge in [0.25, 0.3) is 0 Å². The Labute approximate surface area is 106 Å². The third-order valence-electron chi connectivity index (χ3n) is 3.22. The van der Waals surface area contributed by atoms with Gasteiger partial charge in [0.15, 0.2) is 0 Å². The van der Waals surface area contributed by atoms with Crippen molar-refractivity contribution in [2.24, 2.45) is 12.8 Å². The topological polar surface area (TPSA) is 82.2 Å². The molecule has 0 aromatic carbocycles. The van der Waals surface area contributed by atoms with E-state index in [0.29, 0.717) is 6.54 Å². The van der Waals surface area contributed by atoms with Gasteiger partial charge in [0.1, 0.15) is 6.04 Å². The summed E-state index contributed by atoms with van der Waals surface area (Å²) in [7, 11) is 1.83. The molecule has 1 saturated heterocycles. The van der Waals surface area contributed by atoms with E-state index in [9.17, 15) is 4.79 Å². The summed E-state index contributed by atoms with van der Waals surface area (Å²) in [5.41, 5.74) is 7.11. The van der Waals surface area contributed by atoms with Crippen molar-refractivity contribution in [1.82, 2.24) is 15.1 Å². The van der Waals surface area contributed by atoms with E-state index in [2.05, 4.69) is 10.4 Å². The fourth-order valence-electron chi connectivity index (χ4n) is 2.32. The van der Waals surface area contributed by atoms with Crippen LogP contribution >= 0.6 is 0 Å². The lowest BCUT2D eigenvalue weighted by atomic mass is 10.1. The van der Waals surface area contributed by atoms with Gasteiger partial charge in [0.05, 0.1) is 11.8 Å². The number of hydrogen-bond donors (Lipinski definition) is 2. The van der Waals surface area contributed by atoms with Gasteiger partial charge < -0.3 is 10.5 Å². The number of amides is 1. The fraction of sp³-hybridized carbons (Fsp3) is 0.667. The molecule has 2 rings (SSSR count). The van der Waals surface area contributed by atoms with Gasteiger partial charge in [-0.25, -0.2) is 0 Å². The summed E-state index contributed by atoms with van der Waals surface area (Å²) < 4.78 is 7.21. The summed E-state index contributed by atoms with van der Waals surface area (Å²) in [5, 5.41) is 7.41. The number of rotatable bonds is 5. The van der Waals surface area contributed by atoms with Gasteiger partial charge in [-0.3, -0.25) is 14.8 Å². The summed E-state index contributed by atoms with van der Waals surface area (Å²) >= 11 is 0. The zero-order valence-corrected chi connectivity index (χ0v) is 10.8. The average molecular weight is 252 g/mol. The first-order chi connectivity index (χ1) is 8.58. The predicted octanol–water partition coefficient (Wildman–Crippen LogP) is 0.0235. The molecule has 100 valence electrons. The zero-order chi connectivity index (χ0) is 13.1. The van der Waals surface area contributed by atoms with Crippen molar-refractivity contribution in [2.45, 2.75) is 31.9 Å². The highest BCUT2D eigenvalue weighted by atomic mass is 16.5. The van der Waals surface area contributed by atoms with E-state index in [1.54, 1.807) is 4.68 Å². The van der Waals surface area contributed by atoms with Crippen molar-refractivity contribution < 1.29 is 9.53 Å². The Hall–Kier alpha value is -1.40. The lowest BCUT2D eigenvalue weighted by Gasteiger charge is -2.17. The zero-order valence-electron chi connectivity index (χ0n) is 10.8. The molecule has 3 N–H and O–H groups in total. The molecule has 1 aliphatic heterocycles. The Bertz CT molecular complexity index is 424. The van der Waals surface area contributed by atoms with Crippen LogP contribution in [0.5, 0.6) is 0 Å². The molecule has 6 nitrogen and oxygen atoms in total. The summed E-state index contributed by atoms with van der Waals surface area (Å²) in [6.07, 6.45) is 4.13. The molecule has 0 radical (unpaired) electrons. The summed E-state index contributed by atoms with van der Waals surface area (Å²) in [4.78, 5) is 11.5. The lowest BCUT2D eigenvalue weighted by Crippen LogP contribution is -2.38. The maximum atomic E-state index is 11.5. The molecule has 0 spiro atoms. The molecule has 6 heteroatoms. The molecule has 18 heavy (non-hydrogen) atoms. The molecule has 1 aliphatic rings. The van der Waals surface area contributed by atoms with Gasteiger partial charge in [-0.1, -0.05) is 0 Å². The Balaban J connectivity index is 2.03. The molecule has 2 heterocycles. The summed E-state index contributed by atoms with van der Waals surface area (Å²) in [6.45, 7) is 3.32. The van der Waals surface area contributed by atoms with Gasteiger partial charge in [-0.05, 0) is 19.8 Å². The SMILES string of the molecule is Cc1nn(C)cc1C(NCC1CCCO1)C(N)=O. The van der Waals surface area contributed by atoms with E-state index < -0.39 is 6.04 Å². The first-order valence-corrected chi connectivity index (χ1v) is 6.22. The standard InChI is InChI=1S/C12H20N4O2/c1-8-10(7-16(2)15-8)11(12(13)17)14-6-9-4-3-5-18-9/h7,9,11,14H,3-6H2,1-2H3,(H2,13,17). The van der Waals surface area contributed by atoms with E-state index >= 15 is 0 Å². The molecule has 1 aromatic heterocycles. The van der Waals surface area contributed by atoms with E-state index in [0.717, 1.165) is 30.7 Å². The van der Waals surface area contributed by atoms with Gasteiger partial charge >= 0.3 is 0 Å². The third kappa shape index (κ3) is 2.88. The van der Waals surface area contributed by atoms with Gasteiger partial charge in [-0.15, -0.1) is 0 Å². The number of nitrogens with zero attached hydrogens (tertiary/aromatic N) is 2. The molecule has 0 aliphatic carbocycles. The van der Waals surface area contributed by atoms with Crippen LogP contribution < -0.4 is 11.1 Å². The van der Waals surface area contributed by atoms with Crippen LogP contribution in [0.1, 0.15) is 30.1 Å². The van der Waals surface area contributed by atoms with Crippen LogP contribution in [0.4, 0.5) is 0 Å². The van der Waals surface area contributed by atoms with Crippen molar-refractivity contribution in [1.29, 1.82) is 0 Å². The van der Waals surface area contributed by atoms with Gasteiger partial charge in [-0.2, -0.15) is 5.10 Å². The second-order valence-electron chi connectivity index (χ2n) is 4.72. The number of ether oxygens (including phenoxy) is 1. The molecule has 1 amide bonds. The second kappa shape index (κ2) is 5.49. The first-order valence-electron chi connectivity index (χ1n) is 6.22. The van der Waals surface area contributed by atoms with Crippen molar-refractivity contribution >= 4 is 5.91 Å². The highest BCUT2D eigenvalue weighted by Crippen LogP contribution is 2.17. The van der Waals surface area contributed by atoms with Crippen LogP contribution in [0.3, 0.4) is 0 Å². The molecular weight excluding hydrogens is 232 g/mol. The van der Waals surface area contributed by atoms with Crippen molar-refractivity contribution in [3.05, 3.63) is 17.5 Å². The van der Waals surface area contributed by atoms with E-state index in [1.807, 2.05) is 20.2 Å². The Morgan fingerprint density at radius 2 is 2.56 bits per heavy atom. The number of carbonyl (C=O) groups is 1. The minimum atomic E-state index is -0.497. The monoisotopic (exact) mass is 252 g/mol. The number of nitrogens with one attached hydrogen (secondary N) is 1. The lowest BCUT2D eigenvalue weighted by molar-refractivity contribution is -0.120. The molecule has 0 saturated carbocycles. The minimum Gasteiger partial charge on any atom is -0.377 e. The smallest absolute Gasteiger partial charge is 0.239 e. The van der Waals surface area contributed by atoms with E-state index in [4.69, 9.17) is 10.5 Å². The summed E-state index contributed by atoms with van der Waals surface area (Å²) in [5.74, 6) is -0.385. The van der Waals surface area contributed by atoms with Crippen LogP contribution in [0.25, 0.3) is 0 Å². The number of hydrogen-bond acceptors (Lipinski definition) is 4. The maximum Gasteiger partial charge on any atom is 0.239 e. The molecular formula is C12H20N4O2. The highest BCUT2D eigenvalue weighted by molar-refractivity contribution is 5.81. The second-order valence-corrected chi connectivity index (χ2v) is 4.72.